The normalized spacial score (nSPS) is 11.5. The lowest BCUT2D eigenvalue weighted by atomic mass is 10.0. The van der Waals surface area contributed by atoms with Crippen LogP contribution in [0.15, 0.2) is 16.6 Å². The molecule has 0 aliphatic rings. The third-order valence-corrected chi connectivity index (χ3v) is 4.01. The average Bonchev–Trinajstić information content (AvgIpc) is 2.23. The highest BCUT2D eigenvalue weighted by molar-refractivity contribution is 9.10. The number of rotatable bonds is 4. The van der Waals surface area contributed by atoms with Gasteiger partial charge in [0.2, 0.25) is 0 Å². The highest BCUT2D eigenvalue weighted by Gasteiger charge is 2.15. The van der Waals surface area contributed by atoms with E-state index in [1.807, 2.05) is 20.8 Å². The number of halogens is 1. The summed E-state index contributed by atoms with van der Waals surface area (Å²) in [5, 5.41) is 0. The molecule has 0 heterocycles. The molecule has 0 amide bonds. The van der Waals surface area contributed by atoms with Crippen molar-refractivity contribution in [2.75, 3.05) is 0 Å². The summed E-state index contributed by atoms with van der Waals surface area (Å²) in [5.41, 5.74) is 3.38. The Morgan fingerprint density at radius 3 is 2.21 bits per heavy atom. The van der Waals surface area contributed by atoms with Gasteiger partial charge in [-0.3, -0.25) is 4.79 Å². The Labute approximate surface area is 124 Å². The molecular weight excluding hydrogens is 304 g/mol. The molecular formula is C16H23BrO2. The lowest BCUT2D eigenvalue weighted by molar-refractivity contribution is -0.154. The minimum atomic E-state index is -0.387. The topological polar surface area (TPSA) is 26.3 Å². The predicted octanol–water partition coefficient (Wildman–Crippen LogP) is 4.73. The minimum Gasteiger partial charge on any atom is -0.460 e. The molecule has 0 aromatic heterocycles. The van der Waals surface area contributed by atoms with Crippen molar-refractivity contribution in [1.82, 2.24) is 0 Å². The van der Waals surface area contributed by atoms with Gasteiger partial charge in [0, 0.05) is 10.9 Å². The van der Waals surface area contributed by atoms with E-state index in [1.165, 1.54) is 21.2 Å². The molecule has 0 saturated heterocycles. The Hall–Kier alpha value is -0.830. The van der Waals surface area contributed by atoms with Crippen molar-refractivity contribution in [3.63, 3.8) is 0 Å². The third-order valence-electron chi connectivity index (χ3n) is 2.76. The van der Waals surface area contributed by atoms with Crippen molar-refractivity contribution in [2.45, 2.75) is 59.5 Å². The molecule has 0 unspecified atom stereocenters. The molecule has 2 nitrogen and oxygen atoms in total. The summed E-state index contributed by atoms with van der Waals surface area (Å²) in [7, 11) is 0. The van der Waals surface area contributed by atoms with E-state index in [2.05, 4.69) is 41.9 Å². The second kappa shape index (κ2) is 6.56. The number of benzene rings is 1. The van der Waals surface area contributed by atoms with E-state index in [1.54, 1.807) is 0 Å². The quantitative estimate of drug-likeness (QED) is 0.747. The molecule has 0 spiro atoms. The molecule has 0 radical (unpaired) electrons. The molecule has 19 heavy (non-hydrogen) atoms. The Morgan fingerprint density at radius 1 is 1.21 bits per heavy atom. The van der Waals surface area contributed by atoms with E-state index in [9.17, 15) is 4.79 Å². The summed E-state index contributed by atoms with van der Waals surface area (Å²) in [6.45, 7) is 9.87. The summed E-state index contributed by atoms with van der Waals surface area (Å²) in [6, 6.07) is 4.35. The van der Waals surface area contributed by atoms with Gasteiger partial charge in [-0.2, -0.15) is 0 Å². The van der Waals surface area contributed by atoms with Gasteiger partial charge >= 0.3 is 5.97 Å². The maximum atomic E-state index is 11.6. The number of hydrogen-bond acceptors (Lipinski definition) is 2. The van der Waals surface area contributed by atoms with Crippen molar-refractivity contribution < 1.29 is 9.53 Å². The number of ether oxygens (including phenoxy) is 1. The second-order valence-electron chi connectivity index (χ2n) is 5.98. The summed E-state index contributed by atoms with van der Waals surface area (Å²) < 4.78 is 6.47. The van der Waals surface area contributed by atoms with Crippen molar-refractivity contribution in [3.05, 3.63) is 33.3 Å². The molecule has 3 heteroatoms. The van der Waals surface area contributed by atoms with Crippen molar-refractivity contribution in [3.8, 4) is 0 Å². The standard InChI is InChI=1S/C16H23BrO2/c1-11-9-13(10-12(2)15(11)17)7-6-8-14(18)19-16(3,4)5/h9-10H,6-8H2,1-5H3. The van der Waals surface area contributed by atoms with Crippen LogP contribution >= 0.6 is 15.9 Å². The molecule has 1 aromatic carbocycles. The fraction of sp³-hybridized carbons (Fsp3) is 0.562. The van der Waals surface area contributed by atoms with Crippen LogP contribution in [0.25, 0.3) is 0 Å². The van der Waals surface area contributed by atoms with E-state index in [0.717, 1.165) is 12.8 Å². The second-order valence-corrected chi connectivity index (χ2v) is 6.78. The number of aryl methyl sites for hydroxylation is 3. The molecule has 0 aliphatic heterocycles. The summed E-state index contributed by atoms with van der Waals surface area (Å²) in [5.74, 6) is -0.113. The van der Waals surface area contributed by atoms with Gasteiger partial charge in [0.1, 0.15) is 5.60 Å². The summed E-state index contributed by atoms with van der Waals surface area (Å²) in [4.78, 5) is 11.6. The van der Waals surface area contributed by atoms with Crippen LogP contribution in [-0.4, -0.2) is 11.6 Å². The van der Waals surface area contributed by atoms with Gasteiger partial charge in [0.25, 0.3) is 0 Å². The van der Waals surface area contributed by atoms with Gasteiger partial charge in [-0.1, -0.05) is 28.1 Å². The molecule has 0 saturated carbocycles. The molecule has 0 bridgehead atoms. The van der Waals surface area contributed by atoms with E-state index in [0.29, 0.717) is 6.42 Å². The first-order valence-electron chi connectivity index (χ1n) is 6.66. The van der Waals surface area contributed by atoms with Gasteiger partial charge < -0.3 is 4.74 Å². The van der Waals surface area contributed by atoms with Crippen LogP contribution in [0.1, 0.15) is 50.3 Å². The maximum Gasteiger partial charge on any atom is 0.306 e. The molecule has 106 valence electrons. The van der Waals surface area contributed by atoms with E-state index in [-0.39, 0.29) is 11.6 Å². The highest BCUT2D eigenvalue weighted by atomic mass is 79.9. The number of carbonyl (C=O) groups excluding carboxylic acids is 1. The first-order chi connectivity index (χ1) is 8.69. The van der Waals surface area contributed by atoms with Crippen LogP contribution in [-0.2, 0) is 16.0 Å². The number of carbonyl (C=O) groups is 1. The lowest BCUT2D eigenvalue weighted by Gasteiger charge is -2.19. The van der Waals surface area contributed by atoms with Crippen molar-refractivity contribution in [2.24, 2.45) is 0 Å². The lowest BCUT2D eigenvalue weighted by Crippen LogP contribution is -2.23. The van der Waals surface area contributed by atoms with Crippen LogP contribution < -0.4 is 0 Å². The van der Waals surface area contributed by atoms with Crippen molar-refractivity contribution in [1.29, 1.82) is 0 Å². The number of hydrogen-bond donors (Lipinski definition) is 0. The predicted molar refractivity (Wildman–Crippen MR) is 82.4 cm³/mol. The fourth-order valence-corrected chi connectivity index (χ4v) is 2.24. The SMILES string of the molecule is Cc1cc(CCCC(=O)OC(C)(C)C)cc(C)c1Br. The van der Waals surface area contributed by atoms with Crippen LogP contribution in [0.5, 0.6) is 0 Å². The highest BCUT2D eigenvalue weighted by Crippen LogP contribution is 2.23. The van der Waals surface area contributed by atoms with Gasteiger partial charge in [0.05, 0.1) is 0 Å². The van der Waals surface area contributed by atoms with Gasteiger partial charge in [0.15, 0.2) is 0 Å². The minimum absolute atomic E-state index is 0.113. The van der Waals surface area contributed by atoms with Crippen LogP contribution in [0.4, 0.5) is 0 Å². The van der Waals surface area contributed by atoms with Crippen LogP contribution in [0, 0.1) is 13.8 Å². The Kier molecular flexibility index (Phi) is 5.60. The monoisotopic (exact) mass is 326 g/mol. The third kappa shape index (κ3) is 5.77. The Balaban J connectivity index is 2.48. The molecule has 1 aromatic rings. The smallest absolute Gasteiger partial charge is 0.306 e. The zero-order chi connectivity index (χ0) is 14.6. The molecule has 0 N–H and O–H groups in total. The van der Waals surface area contributed by atoms with Gasteiger partial charge in [-0.15, -0.1) is 0 Å². The average molecular weight is 327 g/mol. The van der Waals surface area contributed by atoms with Gasteiger partial charge in [-0.05, 0) is 64.2 Å². The fourth-order valence-electron chi connectivity index (χ4n) is 2.01. The summed E-state index contributed by atoms with van der Waals surface area (Å²) in [6.07, 6.45) is 2.22. The number of esters is 1. The molecule has 1 rings (SSSR count). The van der Waals surface area contributed by atoms with E-state index in [4.69, 9.17) is 4.74 Å². The molecule has 0 aliphatic carbocycles. The van der Waals surface area contributed by atoms with E-state index < -0.39 is 0 Å². The van der Waals surface area contributed by atoms with E-state index >= 15 is 0 Å². The zero-order valence-electron chi connectivity index (χ0n) is 12.5. The molecule has 0 fully saturated rings. The summed E-state index contributed by atoms with van der Waals surface area (Å²) >= 11 is 3.56. The Morgan fingerprint density at radius 2 is 1.74 bits per heavy atom. The first kappa shape index (κ1) is 16.2. The molecule has 0 atom stereocenters. The Bertz CT molecular complexity index is 435. The van der Waals surface area contributed by atoms with Crippen molar-refractivity contribution >= 4 is 21.9 Å². The largest absolute Gasteiger partial charge is 0.460 e. The van der Waals surface area contributed by atoms with Crippen LogP contribution in [0.2, 0.25) is 0 Å². The maximum absolute atomic E-state index is 11.6. The zero-order valence-corrected chi connectivity index (χ0v) is 14.1. The van der Waals surface area contributed by atoms with Crippen LogP contribution in [0.3, 0.4) is 0 Å². The first-order valence-corrected chi connectivity index (χ1v) is 7.46. The van der Waals surface area contributed by atoms with Gasteiger partial charge in [-0.25, -0.2) is 0 Å².